The Bertz CT molecular complexity index is 813. The van der Waals surface area contributed by atoms with Crippen LogP contribution in [0.1, 0.15) is 0 Å². The molecule has 5 nitrogen and oxygen atoms in total. The van der Waals surface area contributed by atoms with Gasteiger partial charge in [-0.25, -0.2) is 12.7 Å². The van der Waals surface area contributed by atoms with Crippen molar-refractivity contribution in [1.29, 1.82) is 0 Å². The Hall–Kier alpha value is -0.480. The molecule has 0 unspecified atom stereocenters. The van der Waals surface area contributed by atoms with Gasteiger partial charge in [0.1, 0.15) is 0 Å². The van der Waals surface area contributed by atoms with Crippen LogP contribution in [-0.4, -0.2) is 46.2 Å². The largest absolute Gasteiger partial charge is 0.438 e. The van der Waals surface area contributed by atoms with E-state index in [-0.39, 0.29) is 0 Å². The molecule has 0 amide bonds. The van der Waals surface area contributed by atoms with Crippen molar-refractivity contribution in [3.8, 4) is 0 Å². The first kappa shape index (κ1) is 16.9. The fourth-order valence-electron chi connectivity index (χ4n) is 1.66. The lowest BCUT2D eigenvalue weighted by Gasteiger charge is -2.21. The fraction of sp³-hybridized carbons (Fsp3) is 0.417. The molecule has 0 aromatic carbocycles. The molecule has 2 heterocycles. The summed E-state index contributed by atoms with van der Waals surface area (Å²) in [6.45, 7) is 0.884. The number of anilines is 1. The van der Waals surface area contributed by atoms with Gasteiger partial charge in [-0.15, -0.1) is 11.3 Å². The van der Waals surface area contributed by atoms with E-state index in [1.165, 1.54) is 21.9 Å². The summed E-state index contributed by atoms with van der Waals surface area (Å²) >= 11 is 10.3. The van der Waals surface area contributed by atoms with Gasteiger partial charge < -0.3 is 9.32 Å². The lowest BCUT2D eigenvalue weighted by molar-refractivity contribution is 0.473. The lowest BCUT2D eigenvalue weighted by Crippen LogP contribution is -2.34. The number of thiophene rings is 1. The third-order valence-electron chi connectivity index (χ3n) is 3.08. The van der Waals surface area contributed by atoms with Crippen molar-refractivity contribution in [2.24, 2.45) is 0 Å². The van der Waals surface area contributed by atoms with Gasteiger partial charge in [0.2, 0.25) is 10.0 Å². The van der Waals surface area contributed by atoms with E-state index in [4.69, 9.17) is 16.6 Å². The summed E-state index contributed by atoms with van der Waals surface area (Å²) in [5, 5.41) is 1.94. The molecule has 0 aliphatic heterocycles. The second-order valence-electron chi connectivity index (χ2n) is 4.70. The Balaban J connectivity index is 2.22. The molecule has 2 aromatic heterocycles. The molecule has 0 fully saturated rings. The molecule has 2 rings (SSSR count). The van der Waals surface area contributed by atoms with Crippen LogP contribution >= 0.6 is 39.5 Å². The minimum atomic E-state index is -3.17. The summed E-state index contributed by atoms with van der Waals surface area (Å²) in [4.78, 5) is 1.85. The number of halogens is 1. The molecule has 9 heteroatoms. The van der Waals surface area contributed by atoms with Crippen molar-refractivity contribution in [2.75, 3.05) is 38.3 Å². The quantitative estimate of drug-likeness (QED) is 0.707. The third-order valence-corrected chi connectivity index (χ3v) is 6.73. The summed E-state index contributed by atoms with van der Waals surface area (Å²) < 4.78 is 32.4. The maximum absolute atomic E-state index is 11.4. The van der Waals surface area contributed by atoms with E-state index in [9.17, 15) is 8.42 Å². The van der Waals surface area contributed by atoms with Crippen LogP contribution < -0.4 is 4.90 Å². The van der Waals surface area contributed by atoms with Crippen LogP contribution in [0.2, 0.25) is 0 Å². The molecule has 21 heavy (non-hydrogen) atoms. The summed E-state index contributed by atoms with van der Waals surface area (Å²) in [7, 11) is 0.225. The minimum absolute atomic E-state index is 0.375. The molecule has 0 N–H and O–H groups in total. The predicted octanol–water partition coefficient (Wildman–Crippen LogP) is 3.31. The Morgan fingerprint density at radius 1 is 1.38 bits per heavy atom. The fourth-order valence-corrected chi connectivity index (χ4v) is 3.86. The van der Waals surface area contributed by atoms with Gasteiger partial charge >= 0.3 is 0 Å². The number of likely N-dealkylation sites (N-methyl/N-ethyl adjacent to an activating group) is 2. The van der Waals surface area contributed by atoms with Crippen molar-refractivity contribution < 1.29 is 12.8 Å². The van der Waals surface area contributed by atoms with Gasteiger partial charge in [-0.1, -0.05) is 12.2 Å². The van der Waals surface area contributed by atoms with Gasteiger partial charge in [-0.05, 0) is 15.9 Å². The van der Waals surface area contributed by atoms with Crippen molar-refractivity contribution in [1.82, 2.24) is 4.31 Å². The van der Waals surface area contributed by atoms with Crippen LogP contribution in [0.4, 0.5) is 5.88 Å². The van der Waals surface area contributed by atoms with E-state index in [1.807, 2.05) is 17.3 Å². The average molecular weight is 411 g/mol. The van der Waals surface area contributed by atoms with E-state index < -0.39 is 10.0 Å². The molecule has 0 atom stereocenters. The topological polar surface area (TPSA) is 53.8 Å². The van der Waals surface area contributed by atoms with Crippen LogP contribution in [0.25, 0.3) is 10.3 Å². The van der Waals surface area contributed by atoms with Gasteiger partial charge in [0.25, 0.3) is 0 Å². The molecule has 0 spiro atoms. The lowest BCUT2D eigenvalue weighted by atomic mass is 10.4. The number of hydrogen-bond donors (Lipinski definition) is 0. The van der Waals surface area contributed by atoms with Crippen LogP contribution in [0.5, 0.6) is 0 Å². The van der Waals surface area contributed by atoms with Crippen molar-refractivity contribution in [3.63, 3.8) is 0 Å². The zero-order valence-electron chi connectivity index (χ0n) is 11.8. The minimum Gasteiger partial charge on any atom is -0.438 e. The van der Waals surface area contributed by atoms with Crippen molar-refractivity contribution >= 4 is 65.7 Å². The standard InChI is InChI=1S/C12H15BrN2O3S3/c1-14(4-5-15(2)21(3,16)17)10-6-9(19)12-11(18-10)8(13)7-20-12/h6-7H,4-5H2,1-3H3. The Morgan fingerprint density at radius 2 is 2.05 bits per heavy atom. The van der Waals surface area contributed by atoms with E-state index in [0.717, 1.165) is 19.3 Å². The highest BCUT2D eigenvalue weighted by Crippen LogP contribution is 2.34. The summed E-state index contributed by atoms with van der Waals surface area (Å²) in [6.07, 6.45) is 1.19. The van der Waals surface area contributed by atoms with Crippen LogP contribution in [0, 0.1) is 4.51 Å². The molecular formula is C12H15BrN2O3S3. The number of hydrogen-bond acceptors (Lipinski definition) is 6. The summed E-state index contributed by atoms with van der Waals surface area (Å²) in [5.74, 6) is 0.619. The molecule has 0 aliphatic rings. The maximum Gasteiger partial charge on any atom is 0.211 e. The molecule has 0 aliphatic carbocycles. The summed E-state index contributed by atoms with van der Waals surface area (Å²) in [5.41, 5.74) is 0.728. The van der Waals surface area contributed by atoms with E-state index in [0.29, 0.717) is 19.0 Å². The number of sulfonamides is 1. The van der Waals surface area contributed by atoms with Gasteiger partial charge in [0.05, 0.1) is 19.9 Å². The zero-order chi connectivity index (χ0) is 15.8. The average Bonchev–Trinajstić information content (AvgIpc) is 2.76. The van der Waals surface area contributed by atoms with Crippen LogP contribution in [0.15, 0.2) is 20.3 Å². The zero-order valence-corrected chi connectivity index (χ0v) is 15.8. The first-order valence-corrected chi connectivity index (χ1v) is 9.96. The SMILES string of the molecule is CN(CCN(C)S(C)(=O)=O)c1cc(=S)c2scc(Br)c2o1. The molecule has 0 saturated carbocycles. The van der Waals surface area contributed by atoms with Gasteiger partial charge in [0.15, 0.2) is 11.5 Å². The first-order chi connectivity index (χ1) is 9.70. The highest BCUT2D eigenvalue weighted by Gasteiger charge is 2.14. The van der Waals surface area contributed by atoms with Crippen LogP contribution in [0.3, 0.4) is 0 Å². The molecular weight excluding hydrogens is 396 g/mol. The second kappa shape index (κ2) is 6.33. The van der Waals surface area contributed by atoms with Gasteiger partial charge in [-0.2, -0.15) is 0 Å². The molecule has 2 aromatic rings. The van der Waals surface area contributed by atoms with Gasteiger partial charge in [-0.3, -0.25) is 0 Å². The van der Waals surface area contributed by atoms with E-state index in [2.05, 4.69) is 15.9 Å². The molecule has 0 saturated heterocycles. The normalized spacial score (nSPS) is 12.2. The van der Waals surface area contributed by atoms with E-state index in [1.54, 1.807) is 13.1 Å². The molecule has 116 valence electrons. The smallest absolute Gasteiger partial charge is 0.211 e. The molecule has 0 radical (unpaired) electrons. The number of nitrogens with zero attached hydrogens (tertiary/aromatic N) is 2. The van der Waals surface area contributed by atoms with Gasteiger partial charge in [0, 0.05) is 38.6 Å². The number of fused-ring (bicyclic) bond motifs is 1. The Labute approximate surface area is 141 Å². The highest BCUT2D eigenvalue weighted by molar-refractivity contribution is 9.10. The van der Waals surface area contributed by atoms with E-state index >= 15 is 0 Å². The Morgan fingerprint density at radius 3 is 2.67 bits per heavy atom. The van der Waals surface area contributed by atoms with Crippen molar-refractivity contribution in [2.45, 2.75) is 0 Å². The maximum atomic E-state index is 11.4. The highest BCUT2D eigenvalue weighted by atomic mass is 79.9. The first-order valence-electron chi connectivity index (χ1n) is 6.03. The predicted molar refractivity (Wildman–Crippen MR) is 93.4 cm³/mol. The molecule has 0 bridgehead atoms. The Kier molecular flexibility index (Phi) is 5.09. The van der Waals surface area contributed by atoms with Crippen LogP contribution in [-0.2, 0) is 10.0 Å². The second-order valence-corrected chi connectivity index (χ2v) is 8.96. The third kappa shape index (κ3) is 3.84. The monoisotopic (exact) mass is 410 g/mol. The van der Waals surface area contributed by atoms with Crippen molar-refractivity contribution in [3.05, 3.63) is 20.4 Å². The summed E-state index contributed by atoms with van der Waals surface area (Å²) in [6, 6.07) is 1.79. The number of rotatable bonds is 5.